The molecule has 1 heterocycles. The van der Waals surface area contributed by atoms with Crippen LogP contribution in [0.4, 0.5) is 0 Å². The minimum atomic E-state index is -3.33. The van der Waals surface area contributed by atoms with Crippen molar-refractivity contribution in [3.63, 3.8) is 0 Å². The molecule has 19 heavy (non-hydrogen) atoms. The third-order valence-electron chi connectivity index (χ3n) is 3.49. The summed E-state index contributed by atoms with van der Waals surface area (Å²) in [5.74, 6) is 0.625. The van der Waals surface area contributed by atoms with Crippen LogP contribution in [0.25, 0.3) is 0 Å². The van der Waals surface area contributed by atoms with Crippen LogP contribution in [0.3, 0.4) is 0 Å². The Morgan fingerprint density at radius 1 is 1.42 bits per heavy atom. The molecule has 0 aromatic carbocycles. The van der Waals surface area contributed by atoms with E-state index in [0.717, 1.165) is 37.9 Å². The summed E-state index contributed by atoms with van der Waals surface area (Å²) in [4.78, 5) is 0. The maximum absolute atomic E-state index is 12.3. The minimum Gasteiger partial charge on any atom is -0.313 e. The third-order valence-corrected chi connectivity index (χ3v) is 6.50. The van der Waals surface area contributed by atoms with Crippen molar-refractivity contribution < 1.29 is 8.42 Å². The highest BCUT2D eigenvalue weighted by Crippen LogP contribution is 2.27. The second-order valence-electron chi connectivity index (χ2n) is 5.29. The largest absolute Gasteiger partial charge is 0.313 e. The highest BCUT2D eigenvalue weighted by molar-refractivity contribution is 7.91. The zero-order valence-corrected chi connectivity index (χ0v) is 13.1. The third kappa shape index (κ3) is 4.02. The number of nitrogens with one attached hydrogen (secondary N) is 2. The predicted molar refractivity (Wildman–Crippen MR) is 78.8 cm³/mol. The lowest BCUT2D eigenvalue weighted by atomic mass is 10.1. The van der Waals surface area contributed by atoms with E-state index in [1.165, 1.54) is 11.3 Å². The lowest BCUT2D eigenvalue weighted by Gasteiger charge is -2.11. The van der Waals surface area contributed by atoms with Crippen molar-refractivity contribution in [1.82, 2.24) is 10.0 Å². The standard InChI is InChI=1S/C13H22N2O2S2/c1-3-14-8-11-7-13(18-9-11)19(16,17)15-12-5-4-10(2)6-12/h7,9-10,12,14-15H,3-6,8H2,1-2H3. The first-order valence-corrected chi connectivity index (χ1v) is 9.18. The molecule has 1 aliphatic rings. The van der Waals surface area contributed by atoms with Crippen molar-refractivity contribution in [3.8, 4) is 0 Å². The SMILES string of the molecule is CCNCc1csc(S(=O)(=O)NC2CCC(C)C2)c1. The number of thiophene rings is 1. The number of rotatable bonds is 6. The summed E-state index contributed by atoms with van der Waals surface area (Å²) in [5, 5.41) is 5.11. The summed E-state index contributed by atoms with van der Waals surface area (Å²) in [6.45, 7) is 5.82. The second-order valence-corrected chi connectivity index (χ2v) is 8.14. The van der Waals surface area contributed by atoms with Crippen molar-refractivity contribution in [2.24, 2.45) is 5.92 Å². The molecule has 1 aromatic rings. The Balaban J connectivity index is 2.00. The normalized spacial score (nSPS) is 23.9. The van der Waals surface area contributed by atoms with Gasteiger partial charge in [-0.25, -0.2) is 13.1 Å². The zero-order valence-electron chi connectivity index (χ0n) is 11.5. The predicted octanol–water partition coefficient (Wildman–Crippen LogP) is 2.32. The number of sulfonamides is 1. The van der Waals surface area contributed by atoms with Gasteiger partial charge in [0.25, 0.3) is 0 Å². The molecule has 0 aliphatic heterocycles. The van der Waals surface area contributed by atoms with Crippen LogP contribution >= 0.6 is 11.3 Å². The fourth-order valence-corrected chi connectivity index (χ4v) is 4.96. The number of hydrogen-bond acceptors (Lipinski definition) is 4. The van der Waals surface area contributed by atoms with Gasteiger partial charge in [-0.3, -0.25) is 0 Å². The van der Waals surface area contributed by atoms with Gasteiger partial charge < -0.3 is 5.32 Å². The summed E-state index contributed by atoms with van der Waals surface area (Å²) >= 11 is 1.30. The fraction of sp³-hybridized carbons (Fsp3) is 0.692. The Morgan fingerprint density at radius 2 is 2.21 bits per heavy atom. The van der Waals surface area contributed by atoms with Crippen LogP contribution in [0, 0.1) is 5.92 Å². The Hall–Kier alpha value is -0.430. The fourth-order valence-electron chi connectivity index (χ4n) is 2.45. The summed E-state index contributed by atoms with van der Waals surface area (Å²) in [6.07, 6.45) is 3.02. The van der Waals surface area contributed by atoms with Gasteiger partial charge in [0.2, 0.25) is 10.0 Å². The quantitative estimate of drug-likeness (QED) is 0.848. The van der Waals surface area contributed by atoms with Crippen LogP contribution in [0.15, 0.2) is 15.7 Å². The van der Waals surface area contributed by atoms with E-state index in [1.807, 2.05) is 12.3 Å². The molecule has 1 aliphatic carbocycles. The van der Waals surface area contributed by atoms with Crippen molar-refractivity contribution in [2.45, 2.75) is 49.9 Å². The molecule has 1 aromatic heterocycles. The summed E-state index contributed by atoms with van der Waals surface area (Å²) in [6, 6.07) is 1.88. The molecule has 1 fully saturated rings. The first kappa shape index (κ1) is 15.0. The van der Waals surface area contributed by atoms with E-state index < -0.39 is 10.0 Å². The lowest BCUT2D eigenvalue weighted by Crippen LogP contribution is -2.32. The van der Waals surface area contributed by atoms with E-state index in [0.29, 0.717) is 10.1 Å². The Bertz CT molecular complexity index is 510. The van der Waals surface area contributed by atoms with Gasteiger partial charge in [-0.1, -0.05) is 13.8 Å². The number of hydrogen-bond donors (Lipinski definition) is 2. The molecule has 0 spiro atoms. The van der Waals surface area contributed by atoms with Gasteiger partial charge >= 0.3 is 0 Å². The molecule has 108 valence electrons. The molecule has 0 saturated heterocycles. The van der Waals surface area contributed by atoms with Gasteiger partial charge in [0.15, 0.2) is 0 Å². The van der Waals surface area contributed by atoms with E-state index in [4.69, 9.17) is 0 Å². The maximum atomic E-state index is 12.3. The van der Waals surface area contributed by atoms with Gasteiger partial charge in [-0.05, 0) is 48.7 Å². The van der Waals surface area contributed by atoms with Crippen molar-refractivity contribution in [1.29, 1.82) is 0 Å². The van der Waals surface area contributed by atoms with Crippen LogP contribution in [0.2, 0.25) is 0 Å². The van der Waals surface area contributed by atoms with E-state index in [9.17, 15) is 8.42 Å². The van der Waals surface area contributed by atoms with Crippen molar-refractivity contribution >= 4 is 21.4 Å². The molecule has 2 rings (SSSR count). The molecule has 2 atom stereocenters. The molecular formula is C13H22N2O2S2. The first-order chi connectivity index (χ1) is 9.01. The van der Waals surface area contributed by atoms with Gasteiger partial charge in [-0.2, -0.15) is 0 Å². The first-order valence-electron chi connectivity index (χ1n) is 6.81. The topological polar surface area (TPSA) is 58.2 Å². The molecule has 0 amide bonds. The average Bonchev–Trinajstić information content (AvgIpc) is 2.95. The molecule has 1 saturated carbocycles. The van der Waals surface area contributed by atoms with Crippen LogP contribution in [-0.4, -0.2) is 21.0 Å². The van der Waals surface area contributed by atoms with Gasteiger partial charge in [0, 0.05) is 12.6 Å². The second kappa shape index (κ2) is 6.35. The highest BCUT2D eigenvalue weighted by Gasteiger charge is 2.27. The van der Waals surface area contributed by atoms with Crippen LogP contribution in [-0.2, 0) is 16.6 Å². The summed E-state index contributed by atoms with van der Waals surface area (Å²) < 4.78 is 27.8. The van der Waals surface area contributed by atoms with E-state index >= 15 is 0 Å². The van der Waals surface area contributed by atoms with Gasteiger partial charge in [0.05, 0.1) is 0 Å². The van der Waals surface area contributed by atoms with Crippen LogP contribution < -0.4 is 10.0 Å². The van der Waals surface area contributed by atoms with E-state index in [2.05, 4.69) is 17.0 Å². The summed E-state index contributed by atoms with van der Waals surface area (Å²) in [5.41, 5.74) is 1.03. The molecule has 2 N–H and O–H groups in total. The summed E-state index contributed by atoms with van der Waals surface area (Å²) in [7, 11) is -3.33. The minimum absolute atomic E-state index is 0.110. The molecule has 6 heteroatoms. The van der Waals surface area contributed by atoms with Crippen molar-refractivity contribution in [3.05, 3.63) is 17.0 Å². The Kier molecular flexibility index (Phi) is 5.00. The highest BCUT2D eigenvalue weighted by atomic mass is 32.2. The monoisotopic (exact) mass is 302 g/mol. The molecule has 4 nitrogen and oxygen atoms in total. The molecular weight excluding hydrogens is 280 g/mol. The van der Waals surface area contributed by atoms with E-state index in [1.54, 1.807) is 6.07 Å². The smallest absolute Gasteiger partial charge is 0.250 e. The maximum Gasteiger partial charge on any atom is 0.250 e. The van der Waals surface area contributed by atoms with Crippen LogP contribution in [0.5, 0.6) is 0 Å². The Morgan fingerprint density at radius 3 is 2.84 bits per heavy atom. The van der Waals surface area contributed by atoms with Crippen LogP contribution in [0.1, 0.15) is 38.7 Å². The van der Waals surface area contributed by atoms with Gasteiger partial charge in [-0.15, -0.1) is 11.3 Å². The zero-order chi connectivity index (χ0) is 13.9. The molecule has 0 bridgehead atoms. The Labute approximate surface area is 119 Å². The molecule has 2 unspecified atom stereocenters. The van der Waals surface area contributed by atoms with E-state index in [-0.39, 0.29) is 6.04 Å². The lowest BCUT2D eigenvalue weighted by molar-refractivity contribution is 0.540. The van der Waals surface area contributed by atoms with Crippen molar-refractivity contribution in [2.75, 3.05) is 6.54 Å². The average molecular weight is 302 g/mol. The molecule has 0 radical (unpaired) electrons. The van der Waals surface area contributed by atoms with Gasteiger partial charge in [0.1, 0.15) is 4.21 Å².